The number of benzene rings is 2. The Morgan fingerprint density at radius 1 is 0.833 bits per heavy atom. The SMILES string of the molecule is CC(CN(N)CC(C)OC(=O)Nc1ccc(Cl)cc1)OC(=O)Nc1ccc(Cl)cc1. The smallest absolute Gasteiger partial charge is 0.411 e. The van der Waals surface area contributed by atoms with Gasteiger partial charge in [0, 0.05) is 21.4 Å². The van der Waals surface area contributed by atoms with Crippen LogP contribution in [0.5, 0.6) is 0 Å². The van der Waals surface area contributed by atoms with Gasteiger partial charge in [-0.15, -0.1) is 0 Å². The highest BCUT2D eigenvalue weighted by Gasteiger charge is 2.17. The molecule has 8 nitrogen and oxygen atoms in total. The molecule has 162 valence electrons. The Bertz CT molecular complexity index is 764. The van der Waals surface area contributed by atoms with Gasteiger partial charge in [0.1, 0.15) is 12.2 Å². The van der Waals surface area contributed by atoms with E-state index in [1.165, 1.54) is 5.01 Å². The summed E-state index contributed by atoms with van der Waals surface area (Å²) in [6.45, 7) is 3.92. The zero-order chi connectivity index (χ0) is 22.1. The third-order valence-electron chi connectivity index (χ3n) is 3.78. The van der Waals surface area contributed by atoms with Gasteiger partial charge in [-0.25, -0.2) is 14.6 Å². The summed E-state index contributed by atoms with van der Waals surface area (Å²) in [6.07, 6.45) is -2.19. The fourth-order valence-electron chi connectivity index (χ4n) is 2.54. The third-order valence-corrected chi connectivity index (χ3v) is 4.28. The highest BCUT2D eigenvalue weighted by Crippen LogP contribution is 2.15. The molecule has 0 aliphatic heterocycles. The summed E-state index contributed by atoms with van der Waals surface area (Å²) in [5.74, 6) is 5.95. The second-order valence-corrected chi connectivity index (χ2v) is 7.52. The van der Waals surface area contributed by atoms with Gasteiger partial charge in [-0.2, -0.15) is 0 Å². The summed E-state index contributed by atoms with van der Waals surface area (Å²) in [6, 6.07) is 13.3. The van der Waals surface area contributed by atoms with E-state index in [4.69, 9.17) is 38.5 Å². The number of halogens is 2. The number of nitrogens with one attached hydrogen (secondary N) is 2. The molecule has 2 aromatic carbocycles. The molecule has 2 aromatic rings. The molecule has 4 N–H and O–H groups in total. The number of hydrogen-bond donors (Lipinski definition) is 3. The van der Waals surface area contributed by atoms with Crippen molar-refractivity contribution in [1.82, 2.24) is 5.01 Å². The molecule has 2 amide bonds. The monoisotopic (exact) mass is 454 g/mol. The van der Waals surface area contributed by atoms with Crippen molar-refractivity contribution >= 4 is 46.8 Å². The lowest BCUT2D eigenvalue weighted by Gasteiger charge is -2.24. The zero-order valence-corrected chi connectivity index (χ0v) is 18.1. The van der Waals surface area contributed by atoms with Crippen LogP contribution in [0.4, 0.5) is 21.0 Å². The lowest BCUT2D eigenvalue weighted by atomic mass is 10.3. The molecular formula is C20H24Cl2N4O4. The van der Waals surface area contributed by atoms with Crippen LogP contribution in [-0.2, 0) is 9.47 Å². The summed E-state index contributed by atoms with van der Waals surface area (Å²) in [5, 5.41) is 7.76. The summed E-state index contributed by atoms with van der Waals surface area (Å²) < 4.78 is 10.5. The van der Waals surface area contributed by atoms with Crippen molar-refractivity contribution in [2.45, 2.75) is 26.1 Å². The zero-order valence-electron chi connectivity index (χ0n) is 16.6. The van der Waals surface area contributed by atoms with E-state index in [9.17, 15) is 9.59 Å². The molecule has 0 saturated heterocycles. The van der Waals surface area contributed by atoms with E-state index in [0.717, 1.165) is 0 Å². The van der Waals surface area contributed by atoms with Crippen LogP contribution in [0.25, 0.3) is 0 Å². The van der Waals surface area contributed by atoms with Crippen molar-refractivity contribution in [1.29, 1.82) is 0 Å². The predicted molar refractivity (Wildman–Crippen MR) is 118 cm³/mol. The van der Waals surface area contributed by atoms with Crippen molar-refractivity contribution in [3.63, 3.8) is 0 Å². The first-order valence-corrected chi connectivity index (χ1v) is 9.93. The van der Waals surface area contributed by atoms with Gasteiger partial charge < -0.3 is 9.47 Å². The minimum Gasteiger partial charge on any atom is -0.445 e. The fraction of sp³-hybridized carbons (Fsp3) is 0.300. The van der Waals surface area contributed by atoms with Gasteiger partial charge in [-0.3, -0.25) is 16.5 Å². The molecule has 2 rings (SSSR count). The summed E-state index contributed by atoms with van der Waals surface area (Å²) in [4.78, 5) is 23.9. The number of hydrazine groups is 1. The largest absolute Gasteiger partial charge is 0.445 e. The molecule has 0 radical (unpaired) electrons. The van der Waals surface area contributed by atoms with E-state index in [1.807, 2.05) is 0 Å². The number of nitrogens with zero attached hydrogens (tertiary/aromatic N) is 1. The first-order valence-electron chi connectivity index (χ1n) is 9.17. The van der Waals surface area contributed by atoms with Gasteiger partial charge in [0.2, 0.25) is 0 Å². The quantitative estimate of drug-likeness (QED) is 0.392. The van der Waals surface area contributed by atoms with Gasteiger partial charge in [0.05, 0.1) is 13.1 Å². The number of nitrogens with two attached hydrogens (primary N) is 1. The van der Waals surface area contributed by atoms with Crippen LogP contribution in [0.3, 0.4) is 0 Å². The maximum absolute atomic E-state index is 11.9. The average molecular weight is 455 g/mol. The van der Waals surface area contributed by atoms with Gasteiger partial charge in [0.25, 0.3) is 0 Å². The molecule has 30 heavy (non-hydrogen) atoms. The molecule has 10 heteroatoms. The molecule has 2 atom stereocenters. The number of anilines is 2. The highest BCUT2D eigenvalue weighted by molar-refractivity contribution is 6.30. The summed E-state index contributed by atoms with van der Waals surface area (Å²) >= 11 is 11.6. The number of carbonyl (C=O) groups excluding carboxylic acids is 2. The van der Waals surface area contributed by atoms with Crippen LogP contribution >= 0.6 is 23.2 Å². The number of rotatable bonds is 8. The normalized spacial score (nSPS) is 12.7. The van der Waals surface area contributed by atoms with Crippen molar-refractivity contribution in [2.24, 2.45) is 5.84 Å². The second-order valence-electron chi connectivity index (χ2n) is 6.65. The van der Waals surface area contributed by atoms with Crippen LogP contribution < -0.4 is 16.5 Å². The predicted octanol–water partition coefficient (Wildman–Crippen LogP) is 4.74. The van der Waals surface area contributed by atoms with Crippen molar-refractivity contribution in [2.75, 3.05) is 23.7 Å². The molecule has 0 aromatic heterocycles. The topological polar surface area (TPSA) is 106 Å². The van der Waals surface area contributed by atoms with E-state index < -0.39 is 24.4 Å². The number of amides is 2. The van der Waals surface area contributed by atoms with Crippen LogP contribution in [0.1, 0.15) is 13.8 Å². The average Bonchev–Trinajstić information content (AvgIpc) is 2.64. The van der Waals surface area contributed by atoms with Crippen molar-refractivity contribution < 1.29 is 19.1 Å². The van der Waals surface area contributed by atoms with E-state index in [-0.39, 0.29) is 13.1 Å². The maximum atomic E-state index is 11.9. The molecule has 0 bridgehead atoms. The summed E-state index contributed by atoms with van der Waals surface area (Å²) in [5.41, 5.74) is 1.13. The molecule has 2 unspecified atom stereocenters. The van der Waals surface area contributed by atoms with E-state index in [0.29, 0.717) is 21.4 Å². The molecule has 0 aliphatic carbocycles. The first-order chi connectivity index (χ1) is 14.2. The van der Waals surface area contributed by atoms with Gasteiger partial charge in [0.15, 0.2) is 0 Å². The number of ether oxygens (including phenoxy) is 2. The maximum Gasteiger partial charge on any atom is 0.411 e. The Labute approximate surface area is 185 Å². The van der Waals surface area contributed by atoms with Crippen LogP contribution in [0, 0.1) is 0 Å². The van der Waals surface area contributed by atoms with Gasteiger partial charge in [-0.05, 0) is 62.4 Å². The van der Waals surface area contributed by atoms with Crippen molar-refractivity contribution in [3.8, 4) is 0 Å². The minimum absolute atomic E-state index is 0.251. The molecule has 0 aliphatic rings. The van der Waals surface area contributed by atoms with E-state index in [1.54, 1.807) is 62.4 Å². The molecule has 0 spiro atoms. The van der Waals surface area contributed by atoms with Crippen LogP contribution in [0.15, 0.2) is 48.5 Å². The lowest BCUT2D eigenvalue weighted by Crippen LogP contribution is -2.44. The third kappa shape index (κ3) is 8.87. The number of carbonyl (C=O) groups is 2. The molecular weight excluding hydrogens is 431 g/mol. The Hall–Kier alpha value is -2.52. The Morgan fingerprint density at radius 3 is 1.50 bits per heavy atom. The van der Waals surface area contributed by atoms with E-state index >= 15 is 0 Å². The molecule has 0 saturated carbocycles. The Kier molecular flexibility index (Phi) is 9.19. The minimum atomic E-state index is -0.607. The molecule has 0 fully saturated rings. The van der Waals surface area contributed by atoms with E-state index in [2.05, 4.69) is 10.6 Å². The van der Waals surface area contributed by atoms with Crippen LogP contribution in [-0.4, -0.2) is 42.5 Å². The highest BCUT2D eigenvalue weighted by atomic mass is 35.5. The molecule has 0 heterocycles. The summed E-state index contributed by atoms with van der Waals surface area (Å²) in [7, 11) is 0. The Balaban J connectivity index is 1.69. The van der Waals surface area contributed by atoms with Crippen LogP contribution in [0.2, 0.25) is 10.0 Å². The number of hydrogen-bond acceptors (Lipinski definition) is 6. The van der Waals surface area contributed by atoms with Gasteiger partial charge in [-0.1, -0.05) is 23.2 Å². The lowest BCUT2D eigenvalue weighted by molar-refractivity contribution is 0.0592. The second kappa shape index (κ2) is 11.6. The first kappa shape index (κ1) is 23.8. The van der Waals surface area contributed by atoms with Gasteiger partial charge >= 0.3 is 12.2 Å². The van der Waals surface area contributed by atoms with Crippen molar-refractivity contribution in [3.05, 3.63) is 58.6 Å². The Morgan fingerprint density at radius 2 is 1.17 bits per heavy atom. The fourth-order valence-corrected chi connectivity index (χ4v) is 2.79. The standard InChI is InChI=1S/C20H24Cl2N4O4/c1-13(29-19(27)24-17-7-3-15(21)4-8-17)11-26(23)12-14(2)30-20(28)25-18-9-5-16(22)6-10-18/h3-10,13-14H,11-12,23H2,1-2H3,(H,24,27)(H,25,28).